The summed E-state index contributed by atoms with van der Waals surface area (Å²) in [5.74, 6) is -1.01. The maximum absolute atomic E-state index is 12.8. The highest BCUT2D eigenvalue weighted by molar-refractivity contribution is 9.10. The lowest BCUT2D eigenvalue weighted by Crippen LogP contribution is -2.46. The lowest BCUT2D eigenvalue weighted by Gasteiger charge is -2.27. The molecule has 0 heterocycles. The van der Waals surface area contributed by atoms with Gasteiger partial charge in [-0.2, -0.15) is 4.31 Å². The quantitative estimate of drug-likeness (QED) is 0.489. The fourth-order valence-electron chi connectivity index (χ4n) is 2.30. The van der Waals surface area contributed by atoms with Crippen LogP contribution in [-0.4, -0.2) is 87.3 Å². The number of carbonyl (C=O) groups is 2. The van der Waals surface area contributed by atoms with Crippen LogP contribution in [0, 0.1) is 0 Å². The Bertz CT molecular complexity index is 804. The molecule has 0 spiro atoms. The summed E-state index contributed by atoms with van der Waals surface area (Å²) in [5, 5.41) is 0. The van der Waals surface area contributed by atoms with E-state index in [-0.39, 0.29) is 24.5 Å². The Kier molecular flexibility index (Phi) is 9.26. The number of nitrogens with zero attached hydrogens (tertiary/aromatic N) is 3. The zero-order valence-electron chi connectivity index (χ0n) is 17.8. The number of hydrogen-bond donors (Lipinski definition) is 0. The third-order valence-electron chi connectivity index (χ3n) is 3.79. The van der Waals surface area contributed by atoms with E-state index in [9.17, 15) is 18.0 Å². The van der Waals surface area contributed by atoms with Gasteiger partial charge < -0.3 is 14.5 Å². The molecule has 1 aromatic carbocycles. The summed E-state index contributed by atoms with van der Waals surface area (Å²) in [6.45, 7) is 5.42. The van der Waals surface area contributed by atoms with E-state index in [4.69, 9.17) is 4.74 Å². The second kappa shape index (κ2) is 10.5. The minimum absolute atomic E-state index is 0.0861. The first-order chi connectivity index (χ1) is 13.2. The van der Waals surface area contributed by atoms with Crippen molar-refractivity contribution < 1.29 is 22.7 Å². The minimum atomic E-state index is -3.83. The average molecular weight is 492 g/mol. The number of benzene rings is 1. The van der Waals surface area contributed by atoms with Gasteiger partial charge in [-0.3, -0.25) is 9.59 Å². The monoisotopic (exact) mass is 491 g/mol. The molecule has 1 rings (SSSR count). The largest absolute Gasteiger partial charge is 0.459 e. The summed E-state index contributed by atoms with van der Waals surface area (Å²) in [7, 11) is 1.20. The molecule has 0 bridgehead atoms. The molecule has 164 valence electrons. The van der Waals surface area contributed by atoms with Crippen molar-refractivity contribution in [2.75, 3.05) is 47.3 Å². The molecule has 0 aromatic heterocycles. The van der Waals surface area contributed by atoms with Crippen molar-refractivity contribution in [3.05, 3.63) is 28.7 Å². The maximum atomic E-state index is 12.8. The highest BCUT2D eigenvalue weighted by atomic mass is 79.9. The van der Waals surface area contributed by atoms with Crippen molar-refractivity contribution in [2.45, 2.75) is 31.3 Å². The fourth-order valence-corrected chi connectivity index (χ4v) is 3.69. The van der Waals surface area contributed by atoms with Crippen molar-refractivity contribution in [1.29, 1.82) is 0 Å². The van der Waals surface area contributed by atoms with E-state index in [0.717, 1.165) is 8.78 Å². The molecule has 0 saturated carbocycles. The number of carbonyl (C=O) groups excluding carboxylic acids is 2. The van der Waals surface area contributed by atoms with Gasteiger partial charge >= 0.3 is 5.97 Å². The first kappa shape index (κ1) is 25.5. The molecule has 29 heavy (non-hydrogen) atoms. The van der Waals surface area contributed by atoms with Crippen LogP contribution in [0.4, 0.5) is 0 Å². The molecule has 1 aromatic rings. The topological polar surface area (TPSA) is 87.2 Å². The first-order valence-electron chi connectivity index (χ1n) is 9.08. The third kappa shape index (κ3) is 8.81. The van der Waals surface area contributed by atoms with Crippen LogP contribution in [0.25, 0.3) is 0 Å². The molecule has 0 unspecified atom stereocenters. The smallest absolute Gasteiger partial charge is 0.326 e. The first-order valence-corrected chi connectivity index (χ1v) is 11.3. The lowest BCUT2D eigenvalue weighted by atomic mass is 10.2. The molecule has 0 aliphatic carbocycles. The molecule has 0 aliphatic heterocycles. The Labute approximate surface area is 182 Å². The van der Waals surface area contributed by atoms with Crippen LogP contribution in [0.15, 0.2) is 33.6 Å². The number of hydrogen-bond acceptors (Lipinski definition) is 6. The molecule has 8 nitrogen and oxygen atoms in total. The number of esters is 1. The van der Waals surface area contributed by atoms with E-state index in [1.807, 2.05) is 19.0 Å². The van der Waals surface area contributed by atoms with Crippen molar-refractivity contribution in [3.8, 4) is 0 Å². The standard InChI is InChI=1S/C19H30BrN3O5S/c1-19(2,3)28-18(25)14-23(12-11-21(4)5)17(24)13-22(6)29(26,27)16-9-7-15(20)8-10-16/h7-10H,11-14H2,1-6H3. The zero-order chi connectivity index (χ0) is 22.4. The van der Waals surface area contributed by atoms with Crippen LogP contribution in [0.2, 0.25) is 0 Å². The van der Waals surface area contributed by atoms with E-state index >= 15 is 0 Å². The molecule has 0 fully saturated rings. The van der Waals surface area contributed by atoms with Gasteiger partial charge in [-0.15, -0.1) is 0 Å². The van der Waals surface area contributed by atoms with Crippen LogP contribution in [0.1, 0.15) is 20.8 Å². The van der Waals surface area contributed by atoms with E-state index < -0.39 is 27.5 Å². The van der Waals surface area contributed by atoms with Gasteiger partial charge in [0.05, 0.1) is 11.4 Å². The van der Waals surface area contributed by atoms with Gasteiger partial charge in [0.15, 0.2) is 0 Å². The molecule has 0 saturated heterocycles. The van der Waals surface area contributed by atoms with Gasteiger partial charge in [-0.25, -0.2) is 8.42 Å². The van der Waals surface area contributed by atoms with E-state index in [1.54, 1.807) is 32.9 Å². The number of ether oxygens (including phenoxy) is 1. The number of sulfonamides is 1. The van der Waals surface area contributed by atoms with Gasteiger partial charge in [0.2, 0.25) is 15.9 Å². The zero-order valence-corrected chi connectivity index (χ0v) is 20.2. The van der Waals surface area contributed by atoms with Gasteiger partial charge in [0.25, 0.3) is 0 Å². The summed E-state index contributed by atoms with van der Waals surface area (Å²) in [4.78, 5) is 28.3. The van der Waals surface area contributed by atoms with Crippen molar-refractivity contribution in [3.63, 3.8) is 0 Å². The van der Waals surface area contributed by atoms with Crippen LogP contribution in [-0.2, 0) is 24.3 Å². The second-order valence-corrected chi connectivity index (χ2v) is 10.9. The predicted molar refractivity (Wildman–Crippen MR) is 115 cm³/mol. The van der Waals surface area contributed by atoms with Crippen LogP contribution < -0.4 is 0 Å². The number of amides is 1. The van der Waals surface area contributed by atoms with Gasteiger partial charge in [0, 0.05) is 24.6 Å². The van der Waals surface area contributed by atoms with Crippen LogP contribution >= 0.6 is 15.9 Å². The summed E-state index contributed by atoms with van der Waals surface area (Å²) in [6, 6.07) is 6.17. The minimum Gasteiger partial charge on any atom is -0.459 e. The molecule has 0 atom stereocenters. The second-order valence-electron chi connectivity index (χ2n) is 7.92. The lowest BCUT2D eigenvalue weighted by molar-refractivity contribution is -0.159. The number of halogens is 1. The predicted octanol–water partition coefficient (Wildman–Crippen LogP) is 1.80. The summed E-state index contributed by atoms with van der Waals surface area (Å²) >= 11 is 3.26. The molecular weight excluding hydrogens is 462 g/mol. The van der Waals surface area contributed by atoms with Crippen molar-refractivity contribution in [2.24, 2.45) is 0 Å². The Morgan fingerprint density at radius 3 is 2.03 bits per heavy atom. The molecule has 0 N–H and O–H groups in total. The van der Waals surface area contributed by atoms with E-state index in [1.165, 1.54) is 24.1 Å². The third-order valence-corrected chi connectivity index (χ3v) is 6.14. The van der Waals surface area contributed by atoms with Crippen LogP contribution in [0.5, 0.6) is 0 Å². The Hall–Kier alpha value is -1.49. The Balaban J connectivity index is 2.91. The summed E-state index contributed by atoms with van der Waals surface area (Å²) in [6.07, 6.45) is 0. The number of rotatable bonds is 9. The van der Waals surface area contributed by atoms with Crippen molar-refractivity contribution >= 4 is 37.8 Å². The Morgan fingerprint density at radius 2 is 1.55 bits per heavy atom. The highest BCUT2D eigenvalue weighted by Crippen LogP contribution is 2.18. The average Bonchev–Trinajstić information content (AvgIpc) is 2.56. The van der Waals surface area contributed by atoms with Crippen molar-refractivity contribution in [1.82, 2.24) is 14.1 Å². The van der Waals surface area contributed by atoms with Gasteiger partial charge in [-0.05, 0) is 59.1 Å². The van der Waals surface area contributed by atoms with E-state index in [2.05, 4.69) is 15.9 Å². The van der Waals surface area contributed by atoms with E-state index in [0.29, 0.717) is 6.54 Å². The summed E-state index contributed by atoms with van der Waals surface area (Å²) < 4.78 is 32.5. The molecule has 10 heteroatoms. The van der Waals surface area contributed by atoms with Crippen LogP contribution in [0.3, 0.4) is 0 Å². The molecule has 1 amide bonds. The highest BCUT2D eigenvalue weighted by Gasteiger charge is 2.27. The molecular formula is C19H30BrN3O5S. The van der Waals surface area contributed by atoms with Gasteiger partial charge in [-0.1, -0.05) is 15.9 Å². The number of likely N-dealkylation sites (N-methyl/N-ethyl adjacent to an activating group) is 2. The SMILES string of the molecule is CN(C)CCN(CC(=O)OC(C)(C)C)C(=O)CN(C)S(=O)(=O)c1ccc(Br)cc1. The molecule has 0 radical (unpaired) electrons. The molecule has 0 aliphatic rings. The normalized spacial score (nSPS) is 12.3. The maximum Gasteiger partial charge on any atom is 0.326 e. The summed E-state index contributed by atoms with van der Waals surface area (Å²) in [5.41, 5.74) is -0.672. The van der Waals surface area contributed by atoms with Gasteiger partial charge in [0.1, 0.15) is 12.1 Å². The Morgan fingerprint density at radius 1 is 1.00 bits per heavy atom. The fraction of sp³-hybridized carbons (Fsp3) is 0.579.